The van der Waals surface area contributed by atoms with Gasteiger partial charge in [0.25, 0.3) is 0 Å². The van der Waals surface area contributed by atoms with Crippen LogP contribution in [0.3, 0.4) is 0 Å². The molecule has 0 bridgehead atoms. The van der Waals surface area contributed by atoms with Crippen molar-refractivity contribution >= 4 is 23.0 Å². The van der Waals surface area contributed by atoms with Gasteiger partial charge < -0.3 is 21.7 Å². The molecule has 2 heterocycles. The van der Waals surface area contributed by atoms with E-state index in [2.05, 4.69) is 10.3 Å². The number of hydrogen-bond acceptors (Lipinski definition) is 7. The molecule has 0 spiro atoms. The molecular weight excluding hydrogens is 286 g/mol. The molecule has 1 saturated heterocycles. The Hall–Kier alpha value is -2.27. The van der Waals surface area contributed by atoms with Gasteiger partial charge in [-0.25, -0.2) is 4.98 Å². The van der Waals surface area contributed by atoms with Gasteiger partial charge in [-0.05, 0) is 12.8 Å². The van der Waals surface area contributed by atoms with Crippen LogP contribution in [0.5, 0.6) is 0 Å². The van der Waals surface area contributed by atoms with E-state index >= 15 is 0 Å². The molecule has 6 N–H and O–H groups in total. The monoisotopic (exact) mass is 305 g/mol. The first-order valence-corrected chi connectivity index (χ1v) is 7.57. The average molecular weight is 305 g/mol. The number of nitrogens with one attached hydrogen (secondary N) is 2. The Morgan fingerprint density at radius 2 is 2.43 bits per heavy atom. The Morgan fingerprint density at radius 3 is 3.00 bits per heavy atom. The van der Waals surface area contributed by atoms with Gasteiger partial charge in [0, 0.05) is 31.4 Å². The summed E-state index contributed by atoms with van der Waals surface area (Å²) in [6.07, 6.45) is 1.97. The topological polar surface area (TPSA) is 128 Å². The summed E-state index contributed by atoms with van der Waals surface area (Å²) < 4.78 is 0. The third-order valence-electron chi connectivity index (χ3n) is 3.51. The first kappa shape index (κ1) is 15.1. The van der Waals surface area contributed by atoms with Crippen LogP contribution in [0.15, 0.2) is 16.8 Å². The number of nitrogen functional groups attached to an aromatic ring is 1. The lowest BCUT2D eigenvalue weighted by Crippen LogP contribution is -2.40. The van der Waals surface area contributed by atoms with Crippen molar-refractivity contribution in [3.05, 3.63) is 21.8 Å². The molecule has 1 unspecified atom stereocenters. The fraction of sp³-hybridized carbons (Fsp3) is 0.462. The zero-order chi connectivity index (χ0) is 15.4. The number of aromatic nitrogens is 1. The highest BCUT2D eigenvalue weighted by Gasteiger charge is 2.27. The van der Waals surface area contributed by atoms with Crippen LogP contribution >= 0.6 is 11.3 Å². The number of nitrogens with zero attached hydrogens (tertiary/aromatic N) is 3. The third-order valence-corrected chi connectivity index (χ3v) is 4.54. The standard InChI is InChI=1S/C13H19N7S/c1-18-11(16)9(5-14)12(17)20-4-2-3-8(6-20)13-19-10(15)7-21-13/h7-8,17-18H,2-4,6,15-16H2,1H3/b11-9-,17-12?. The number of hydrogen-bond donors (Lipinski definition) is 4. The van der Waals surface area contributed by atoms with Gasteiger partial charge in [0.1, 0.15) is 29.1 Å². The molecule has 0 radical (unpaired) electrons. The van der Waals surface area contributed by atoms with E-state index in [1.54, 1.807) is 18.4 Å². The van der Waals surface area contributed by atoms with E-state index in [0.29, 0.717) is 12.4 Å². The number of piperidine rings is 1. The second-order valence-electron chi connectivity index (χ2n) is 4.89. The highest BCUT2D eigenvalue weighted by Crippen LogP contribution is 2.30. The van der Waals surface area contributed by atoms with Crippen molar-refractivity contribution in [3.63, 3.8) is 0 Å². The van der Waals surface area contributed by atoms with Crippen molar-refractivity contribution in [2.45, 2.75) is 18.8 Å². The van der Waals surface area contributed by atoms with Gasteiger partial charge in [-0.1, -0.05) is 0 Å². The van der Waals surface area contributed by atoms with Gasteiger partial charge in [0.05, 0.1) is 5.01 Å². The minimum atomic E-state index is 0.165. The smallest absolute Gasteiger partial charge is 0.142 e. The largest absolute Gasteiger partial charge is 0.384 e. The molecule has 0 aliphatic carbocycles. The summed E-state index contributed by atoms with van der Waals surface area (Å²) in [4.78, 5) is 6.21. The van der Waals surface area contributed by atoms with Crippen LogP contribution in [0.2, 0.25) is 0 Å². The maximum Gasteiger partial charge on any atom is 0.142 e. The quantitative estimate of drug-likeness (QED) is 0.371. The Labute approximate surface area is 127 Å². The van der Waals surface area contributed by atoms with Gasteiger partial charge >= 0.3 is 0 Å². The molecule has 1 aliphatic heterocycles. The summed E-state index contributed by atoms with van der Waals surface area (Å²) in [5, 5.41) is 23.0. The zero-order valence-corrected chi connectivity index (χ0v) is 12.7. The van der Waals surface area contributed by atoms with E-state index in [1.807, 2.05) is 16.3 Å². The molecule has 0 aromatic carbocycles. The highest BCUT2D eigenvalue weighted by molar-refractivity contribution is 7.10. The number of amidine groups is 1. The van der Waals surface area contributed by atoms with Crippen molar-refractivity contribution in [1.82, 2.24) is 15.2 Å². The molecule has 8 heteroatoms. The average Bonchev–Trinajstić information content (AvgIpc) is 2.94. The van der Waals surface area contributed by atoms with Crippen LogP contribution < -0.4 is 16.8 Å². The van der Waals surface area contributed by atoms with Crippen molar-refractivity contribution in [2.75, 3.05) is 25.9 Å². The number of anilines is 1. The molecule has 0 saturated carbocycles. The zero-order valence-electron chi connectivity index (χ0n) is 11.9. The van der Waals surface area contributed by atoms with Crippen molar-refractivity contribution < 1.29 is 0 Å². The Bertz CT molecular complexity index is 598. The Morgan fingerprint density at radius 1 is 1.67 bits per heavy atom. The minimum Gasteiger partial charge on any atom is -0.384 e. The van der Waals surface area contributed by atoms with E-state index in [-0.39, 0.29) is 23.1 Å². The van der Waals surface area contributed by atoms with Crippen molar-refractivity contribution in [1.29, 1.82) is 10.7 Å². The van der Waals surface area contributed by atoms with Crippen molar-refractivity contribution in [3.8, 4) is 6.07 Å². The third kappa shape index (κ3) is 3.25. The Balaban J connectivity index is 2.14. The SMILES string of the molecule is CN/C(N)=C(/C#N)C(=N)N1CCCC(c2nc(N)cs2)C1. The summed E-state index contributed by atoms with van der Waals surface area (Å²) in [7, 11) is 1.64. The number of thiazole rings is 1. The van der Waals surface area contributed by atoms with Crippen molar-refractivity contribution in [2.24, 2.45) is 5.73 Å². The molecule has 1 aliphatic rings. The van der Waals surface area contributed by atoms with Gasteiger partial charge in [0.2, 0.25) is 0 Å². The first-order valence-electron chi connectivity index (χ1n) is 6.69. The van der Waals surface area contributed by atoms with E-state index in [1.165, 1.54) is 0 Å². The molecule has 7 nitrogen and oxygen atoms in total. The molecule has 2 rings (SSSR count). The lowest BCUT2D eigenvalue weighted by Gasteiger charge is -2.33. The maximum atomic E-state index is 9.19. The van der Waals surface area contributed by atoms with E-state index in [0.717, 1.165) is 24.4 Å². The van der Waals surface area contributed by atoms with E-state index in [4.69, 9.17) is 16.9 Å². The fourth-order valence-corrected chi connectivity index (χ4v) is 3.23. The summed E-state index contributed by atoms with van der Waals surface area (Å²) in [5.74, 6) is 1.18. The van der Waals surface area contributed by atoms with Crippen LogP contribution in [0.4, 0.5) is 5.82 Å². The molecule has 0 amide bonds. The van der Waals surface area contributed by atoms with Gasteiger partial charge in [-0.2, -0.15) is 5.26 Å². The highest BCUT2D eigenvalue weighted by atomic mass is 32.1. The summed E-state index contributed by atoms with van der Waals surface area (Å²) in [6, 6.07) is 2.00. The van der Waals surface area contributed by atoms with Crippen LogP contribution in [0.1, 0.15) is 23.8 Å². The second kappa shape index (κ2) is 6.45. The number of nitriles is 1. The molecule has 1 atom stereocenters. The lowest BCUT2D eigenvalue weighted by atomic mass is 9.98. The fourth-order valence-electron chi connectivity index (χ4n) is 2.39. The predicted molar refractivity (Wildman–Crippen MR) is 83.7 cm³/mol. The van der Waals surface area contributed by atoms with Gasteiger partial charge in [0.15, 0.2) is 0 Å². The minimum absolute atomic E-state index is 0.165. The van der Waals surface area contributed by atoms with Crippen LogP contribution in [0.25, 0.3) is 0 Å². The van der Waals surface area contributed by atoms with Crippen LogP contribution in [-0.2, 0) is 0 Å². The van der Waals surface area contributed by atoms with E-state index in [9.17, 15) is 5.26 Å². The number of rotatable bonds is 3. The Kier molecular flexibility index (Phi) is 4.65. The molecule has 1 aromatic heterocycles. The summed E-state index contributed by atoms with van der Waals surface area (Å²) in [5.41, 5.74) is 11.6. The normalized spacial score (nSPS) is 19.6. The van der Waals surface area contributed by atoms with Gasteiger partial charge in [-0.3, -0.25) is 5.41 Å². The molecule has 112 valence electrons. The second-order valence-corrected chi connectivity index (χ2v) is 5.78. The van der Waals surface area contributed by atoms with E-state index < -0.39 is 0 Å². The van der Waals surface area contributed by atoms with Crippen LogP contribution in [-0.4, -0.2) is 35.9 Å². The maximum absolute atomic E-state index is 9.19. The molecule has 21 heavy (non-hydrogen) atoms. The summed E-state index contributed by atoms with van der Waals surface area (Å²) >= 11 is 1.55. The first-order chi connectivity index (χ1) is 10.1. The molecular formula is C13H19N7S. The number of likely N-dealkylation sites (tertiary alicyclic amines) is 1. The molecule has 1 fully saturated rings. The number of nitrogens with two attached hydrogens (primary N) is 2. The molecule has 1 aromatic rings. The van der Waals surface area contributed by atoms with Gasteiger partial charge in [-0.15, -0.1) is 11.3 Å². The summed E-state index contributed by atoms with van der Waals surface area (Å²) in [6.45, 7) is 1.41. The van der Waals surface area contributed by atoms with Crippen LogP contribution in [0, 0.1) is 16.7 Å². The lowest BCUT2D eigenvalue weighted by molar-refractivity contribution is 0.307. The predicted octanol–water partition coefficient (Wildman–Crippen LogP) is 0.795.